The van der Waals surface area contributed by atoms with Crippen molar-refractivity contribution < 1.29 is 9.90 Å². The van der Waals surface area contributed by atoms with Crippen LogP contribution in [0.25, 0.3) is 0 Å². The van der Waals surface area contributed by atoms with E-state index in [2.05, 4.69) is 4.98 Å². The zero-order valence-electron chi connectivity index (χ0n) is 7.60. The first-order valence-corrected chi connectivity index (χ1v) is 4.35. The molecule has 0 aliphatic carbocycles. The average molecular weight is 193 g/mol. The fourth-order valence-corrected chi connectivity index (χ4v) is 1.56. The molecule has 5 nitrogen and oxygen atoms in total. The Hall–Kier alpha value is -1.62. The number of nitrogens with zero attached hydrogens (tertiary/aromatic N) is 2. The third-order valence-electron chi connectivity index (χ3n) is 2.32. The van der Waals surface area contributed by atoms with Gasteiger partial charge in [0.15, 0.2) is 0 Å². The lowest BCUT2D eigenvalue weighted by molar-refractivity contribution is 0.145. The third kappa shape index (κ3) is 1.42. The summed E-state index contributed by atoms with van der Waals surface area (Å²) in [5.41, 5.74) is 8.21. The quantitative estimate of drug-likeness (QED) is 0.682. The van der Waals surface area contributed by atoms with Crippen LogP contribution in [-0.2, 0) is 19.6 Å². The number of hydrogen-bond donors (Lipinski definition) is 2. The second kappa shape index (κ2) is 3.26. The van der Waals surface area contributed by atoms with Crippen LogP contribution in [0.5, 0.6) is 0 Å². The molecule has 74 valence electrons. The van der Waals surface area contributed by atoms with E-state index in [4.69, 9.17) is 10.8 Å². The van der Waals surface area contributed by atoms with E-state index in [1.165, 1.54) is 4.90 Å². The Bertz CT molecular complexity index is 378. The second-order valence-electron chi connectivity index (χ2n) is 3.29. The Kier molecular flexibility index (Phi) is 2.09. The highest BCUT2D eigenvalue weighted by molar-refractivity contribution is 5.66. The molecular formula is C9H11N3O2. The molecule has 0 bridgehead atoms. The van der Waals surface area contributed by atoms with Crippen molar-refractivity contribution in [1.29, 1.82) is 0 Å². The van der Waals surface area contributed by atoms with Crippen LogP contribution in [0.2, 0.25) is 0 Å². The van der Waals surface area contributed by atoms with E-state index >= 15 is 0 Å². The van der Waals surface area contributed by atoms with Crippen molar-refractivity contribution in [1.82, 2.24) is 9.88 Å². The lowest BCUT2D eigenvalue weighted by Crippen LogP contribution is -2.22. The number of amides is 1. The monoisotopic (exact) mass is 193 g/mol. The van der Waals surface area contributed by atoms with Gasteiger partial charge in [-0.1, -0.05) is 0 Å². The Morgan fingerprint density at radius 2 is 2.43 bits per heavy atom. The molecule has 1 aliphatic heterocycles. The predicted molar refractivity (Wildman–Crippen MR) is 49.4 cm³/mol. The smallest absolute Gasteiger partial charge is 0.407 e. The summed E-state index contributed by atoms with van der Waals surface area (Å²) in [6.07, 6.45) is 0.793. The van der Waals surface area contributed by atoms with Gasteiger partial charge in [-0.25, -0.2) is 4.79 Å². The van der Waals surface area contributed by atoms with Crippen LogP contribution >= 0.6 is 0 Å². The number of carbonyl (C=O) groups is 1. The largest absolute Gasteiger partial charge is 0.465 e. The van der Waals surface area contributed by atoms with Crippen molar-refractivity contribution in [2.24, 2.45) is 5.73 Å². The highest BCUT2D eigenvalue weighted by Crippen LogP contribution is 2.21. The first-order valence-electron chi connectivity index (χ1n) is 4.35. The molecule has 0 spiro atoms. The van der Waals surface area contributed by atoms with E-state index in [-0.39, 0.29) is 0 Å². The zero-order valence-corrected chi connectivity index (χ0v) is 7.60. The summed E-state index contributed by atoms with van der Waals surface area (Å²) in [4.78, 5) is 16.2. The molecule has 0 saturated carbocycles. The van der Waals surface area contributed by atoms with Gasteiger partial charge in [0.2, 0.25) is 0 Å². The van der Waals surface area contributed by atoms with Gasteiger partial charge in [0.25, 0.3) is 0 Å². The molecule has 1 aromatic heterocycles. The number of aromatic nitrogens is 1. The maximum atomic E-state index is 10.7. The molecule has 1 amide bonds. The number of carboxylic acid groups (broad SMARTS) is 1. The Labute approximate surface area is 81.2 Å². The molecule has 0 atom stereocenters. The van der Waals surface area contributed by atoms with Gasteiger partial charge in [-0.05, 0) is 17.2 Å². The lowest BCUT2D eigenvalue weighted by Gasteiger charge is -2.08. The molecule has 1 aromatic rings. The van der Waals surface area contributed by atoms with Crippen molar-refractivity contribution in [2.75, 3.05) is 0 Å². The molecule has 0 aromatic carbocycles. The summed E-state index contributed by atoms with van der Waals surface area (Å²) in [7, 11) is 0. The second-order valence-corrected chi connectivity index (χ2v) is 3.29. The molecule has 1 aliphatic rings. The molecule has 5 heteroatoms. The van der Waals surface area contributed by atoms with E-state index < -0.39 is 6.09 Å². The zero-order chi connectivity index (χ0) is 10.1. The van der Waals surface area contributed by atoms with E-state index in [1.54, 1.807) is 6.20 Å². The fraction of sp³-hybridized carbons (Fsp3) is 0.333. The molecule has 0 saturated heterocycles. The number of nitrogens with two attached hydrogens (primary N) is 1. The van der Waals surface area contributed by atoms with Crippen molar-refractivity contribution in [3.8, 4) is 0 Å². The summed E-state index contributed by atoms with van der Waals surface area (Å²) >= 11 is 0. The summed E-state index contributed by atoms with van der Waals surface area (Å²) in [5, 5.41) is 8.79. The molecule has 0 fully saturated rings. The third-order valence-corrected chi connectivity index (χ3v) is 2.32. The standard InChI is InChI=1S/C9H11N3O2/c10-2-6-1-7-4-12(9(13)14)5-8(7)11-3-6/h1,3H,2,4-5,10H2,(H,13,14). The highest BCUT2D eigenvalue weighted by atomic mass is 16.4. The maximum Gasteiger partial charge on any atom is 0.407 e. The molecule has 0 radical (unpaired) electrons. The van der Waals surface area contributed by atoms with Crippen molar-refractivity contribution in [2.45, 2.75) is 19.6 Å². The Balaban J connectivity index is 2.27. The fourth-order valence-electron chi connectivity index (χ4n) is 1.56. The molecule has 2 rings (SSSR count). The first kappa shape index (κ1) is 8.96. The van der Waals surface area contributed by atoms with Gasteiger partial charge in [0, 0.05) is 12.7 Å². The molecular weight excluding hydrogens is 182 g/mol. The van der Waals surface area contributed by atoms with Gasteiger partial charge < -0.3 is 10.8 Å². The first-order chi connectivity index (χ1) is 6.70. The van der Waals surface area contributed by atoms with Gasteiger partial charge in [-0.15, -0.1) is 0 Å². The summed E-state index contributed by atoms with van der Waals surface area (Å²) in [6, 6.07) is 1.92. The van der Waals surface area contributed by atoms with E-state index in [1.807, 2.05) is 6.07 Å². The van der Waals surface area contributed by atoms with Gasteiger partial charge in [0.05, 0.1) is 18.8 Å². The van der Waals surface area contributed by atoms with E-state index in [9.17, 15) is 4.79 Å². The van der Waals surface area contributed by atoms with Crippen LogP contribution < -0.4 is 5.73 Å². The highest BCUT2D eigenvalue weighted by Gasteiger charge is 2.23. The molecule has 0 unspecified atom stereocenters. The topological polar surface area (TPSA) is 79.5 Å². The van der Waals surface area contributed by atoms with Crippen molar-refractivity contribution >= 4 is 6.09 Å². The van der Waals surface area contributed by atoms with Crippen molar-refractivity contribution in [3.63, 3.8) is 0 Å². The van der Waals surface area contributed by atoms with Crippen LogP contribution in [-0.4, -0.2) is 21.1 Å². The number of hydrogen-bond acceptors (Lipinski definition) is 3. The Morgan fingerprint density at radius 3 is 3.07 bits per heavy atom. The minimum absolute atomic E-state index is 0.384. The normalized spacial score (nSPS) is 14.2. The summed E-state index contributed by atoms with van der Waals surface area (Å²) < 4.78 is 0. The maximum absolute atomic E-state index is 10.7. The Morgan fingerprint density at radius 1 is 1.64 bits per heavy atom. The SMILES string of the molecule is NCc1cnc2c(c1)CN(C(=O)O)C2. The van der Waals surface area contributed by atoms with Crippen LogP contribution in [0.3, 0.4) is 0 Å². The average Bonchev–Trinajstić information content (AvgIpc) is 2.59. The molecule has 2 heterocycles. The minimum Gasteiger partial charge on any atom is -0.465 e. The van der Waals surface area contributed by atoms with Crippen LogP contribution in [0.15, 0.2) is 12.3 Å². The summed E-state index contributed by atoms with van der Waals surface area (Å²) in [6.45, 7) is 1.24. The molecule has 3 N–H and O–H groups in total. The van der Waals surface area contributed by atoms with Gasteiger partial charge in [0.1, 0.15) is 0 Å². The number of rotatable bonds is 1. The van der Waals surface area contributed by atoms with Crippen molar-refractivity contribution in [3.05, 3.63) is 29.1 Å². The van der Waals surface area contributed by atoms with Crippen LogP contribution in [0.1, 0.15) is 16.8 Å². The van der Waals surface area contributed by atoms with E-state index in [0.717, 1.165) is 16.8 Å². The number of fused-ring (bicyclic) bond motifs is 1. The molecule has 14 heavy (non-hydrogen) atoms. The van der Waals surface area contributed by atoms with Crippen LogP contribution in [0.4, 0.5) is 4.79 Å². The van der Waals surface area contributed by atoms with Gasteiger partial charge in [-0.2, -0.15) is 0 Å². The predicted octanol–water partition coefficient (Wildman–Crippen LogP) is 0.534. The van der Waals surface area contributed by atoms with E-state index in [0.29, 0.717) is 19.6 Å². The van der Waals surface area contributed by atoms with Gasteiger partial charge >= 0.3 is 6.09 Å². The lowest BCUT2D eigenvalue weighted by atomic mass is 10.2. The van der Waals surface area contributed by atoms with Gasteiger partial charge in [-0.3, -0.25) is 9.88 Å². The minimum atomic E-state index is -0.905. The summed E-state index contributed by atoms with van der Waals surface area (Å²) in [5.74, 6) is 0. The van der Waals surface area contributed by atoms with Crippen LogP contribution in [0, 0.1) is 0 Å². The number of pyridine rings is 1.